The lowest BCUT2D eigenvalue weighted by Crippen LogP contribution is -2.40. The molecule has 0 bridgehead atoms. The van der Waals surface area contributed by atoms with Crippen LogP contribution < -0.4 is 0 Å². The SMILES string of the molecule is O=C(O)C1CCN(S(=O)(=O)c2ccc([N+](=O)[O-])cc2[N+](=O)[O-])CC1. The maximum Gasteiger partial charge on any atom is 0.306 e. The summed E-state index contributed by atoms with van der Waals surface area (Å²) in [5, 5.41) is 30.7. The Morgan fingerprint density at radius 1 is 1.17 bits per heavy atom. The minimum absolute atomic E-state index is 0.0898. The van der Waals surface area contributed by atoms with Crippen LogP contribution in [0, 0.1) is 26.1 Å². The molecule has 1 heterocycles. The van der Waals surface area contributed by atoms with Gasteiger partial charge in [-0.15, -0.1) is 0 Å². The van der Waals surface area contributed by atoms with Gasteiger partial charge in [0, 0.05) is 19.2 Å². The standard InChI is InChI=1S/C12H13N3O8S/c16-12(17)8-3-5-13(6-4-8)24(22,23)11-2-1-9(14(18)19)7-10(11)15(20)21/h1-2,7-8H,3-6H2,(H,16,17). The third kappa shape index (κ3) is 3.33. The Balaban J connectivity index is 2.38. The van der Waals surface area contributed by atoms with E-state index in [1.165, 1.54) is 0 Å². The van der Waals surface area contributed by atoms with Gasteiger partial charge in [0.1, 0.15) is 0 Å². The van der Waals surface area contributed by atoms with Gasteiger partial charge in [0.2, 0.25) is 10.0 Å². The topological polar surface area (TPSA) is 161 Å². The van der Waals surface area contributed by atoms with Crippen molar-refractivity contribution >= 4 is 27.4 Å². The number of hydrogen-bond donors (Lipinski definition) is 1. The number of rotatable bonds is 5. The van der Waals surface area contributed by atoms with Crippen LogP contribution in [0.4, 0.5) is 11.4 Å². The summed E-state index contributed by atoms with van der Waals surface area (Å²) in [6, 6.07) is 2.30. The molecule has 2 rings (SSSR count). The number of non-ortho nitro benzene ring substituents is 1. The van der Waals surface area contributed by atoms with Gasteiger partial charge in [-0.2, -0.15) is 4.31 Å². The van der Waals surface area contributed by atoms with E-state index in [1.807, 2.05) is 0 Å². The van der Waals surface area contributed by atoms with E-state index in [9.17, 15) is 33.4 Å². The molecular weight excluding hydrogens is 346 g/mol. The first-order valence-corrected chi connectivity index (χ1v) is 8.24. The first-order chi connectivity index (χ1) is 11.1. The van der Waals surface area contributed by atoms with Crippen molar-refractivity contribution < 1.29 is 28.2 Å². The fourth-order valence-electron chi connectivity index (χ4n) is 2.46. The van der Waals surface area contributed by atoms with Gasteiger partial charge in [0.25, 0.3) is 11.4 Å². The molecule has 24 heavy (non-hydrogen) atoms. The Hall–Kier alpha value is -2.60. The highest BCUT2D eigenvalue weighted by molar-refractivity contribution is 7.89. The maximum absolute atomic E-state index is 12.6. The summed E-state index contributed by atoms with van der Waals surface area (Å²) in [5.41, 5.74) is -1.48. The number of carbonyl (C=O) groups is 1. The van der Waals surface area contributed by atoms with Crippen LogP contribution in [0.1, 0.15) is 12.8 Å². The lowest BCUT2D eigenvalue weighted by atomic mass is 9.99. The Bertz CT molecular complexity index is 799. The lowest BCUT2D eigenvalue weighted by Gasteiger charge is -2.29. The van der Waals surface area contributed by atoms with Crippen molar-refractivity contribution in [2.75, 3.05) is 13.1 Å². The van der Waals surface area contributed by atoms with Gasteiger partial charge >= 0.3 is 5.97 Å². The summed E-state index contributed by atoms with van der Waals surface area (Å²) < 4.78 is 26.1. The zero-order valence-electron chi connectivity index (χ0n) is 12.2. The van der Waals surface area contributed by atoms with Crippen LogP contribution in [0.2, 0.25) is 0 Å². The molecule has 0 saturated carbocycles. The average molecular weight is 359 g/mol. The molecule has 0 aliphatic carbocycles. The van der Waals surface area contributed by atoms with Gasteiger partial charge < -0.3 is 5.11 Å². The van der Waals surface area contributed by atoms with E-state index < -0.39 is 48.0 Å². The fourth-order valence-corrected chi connectivity index (χ4v) is 4.07. The van der Waals surface area contributed by atoms with Crippen LogP contribution in [-0.2, 0) is 14.8 Å². The molecule has 0 spiro atoms. The van der Waals surface area contributed by atoms with Crippen LogP contribution in [0.3, 0.4) is 0 Å². The number of carboxylic acid groups (broad SMARTS) is 1. The Morgan fingerprint density at radius 2 is 1.75 bits per heavy atom. The zero-order chi connectivity index (χ0) is 18.1. The molecule has 12 heteroatoms. The number of nitrogens with zero attached hydrogens (tertiary/aromatic N) is 3. The van der Waals surface area contributed by atoms with Crippen LogP contribution in [0.15, 0.2) is 23.1 Å². The molecule has 1 aliphatic rings. The maximum atomic E-state index is 12.6. The molecule has 0 unspecified atom stereocenters. The van der Waals surface area contributed by atoms with E-state index in [0.29, 0.717) is 6.07 Å². The van der Waals surface area contributed by atoms with Crippen LogP contribution in [-0.4, -0.2) is 46.7 Å². The highest BCUT2D eigenvalue weighted by Gasteiger charge is 2.36. The highest BCUT2D eigenvalue weighted by atomic mass is 32.2. The van der Waals surface area contributed by atoms with Crippen molar-refractivity contribution in [3.8, 4) is 0 Å². The van der Waals surface area contributed by atoms with Gasteiger partial charge in [-0.05, 0) is 18.9 Å². The van der Waals surface area contributed by atoms with Crippen molar-refractivity contribution in [2.24, 2.45) is 5.92 Å². The first kappa shape index (κ1) is 17.7. The van der Waals surface area contributed by atoms with E-state index in [4.69, 9.17) is 5.11 Å². The quantitative estimate of drug-likeness (QED) is 0.601. The summed E-state index contributed by atoms with van der Waals surface area (Å²) in [4.78, 5) is 30.2. The smallest absolute Gasteiger partial charge is 0.306 e. The number of hydrogen-bond acceptors (Lipinski definition) is 7. The molecule has 0 amide bonds. The monoisotopic (exact) mass is 359 g/mol. The van der Waals surface area contributed by atoms with Crippen LogP contribution >= 0.6 is 0 Å². The van der Waals surface area contributed by atoms with Gasteiger partial charge in [-0.1, -0.05) is 0 Å². The molecule has 130 valence electrons. The summed E-state index contributed by atoms with van der Waals surface area (Å²) in [7, 11) is -4.25. The normalized spacial score (nSPS) is 16.7. The summed E-state index contributed by atoms with van der Waals surface area (Å²) in [6.45, 7) is -0.180. The second-order valence-electron chi connectivity index (χ2n) is 5.18. The summed E-state index contributed by atoms with van der Waals surface area (Å²) in [5.74, 6) is -1.68. The Labute approximate surface area is 135 Å². The average Bonchev–Trinajstić information content (AvgIpc) is 2.54. The minimum Gasteiger partial charge on any atom is -0.481 e. The van der Waals surface area contributed by atoms with Gasteiger partial charge in [0.05, 0.1) is 21.8 Å². The first-order valence-electron chi connectivity index (χ1n) is 6.80. The van der Waals surface area contributed by atoms with E-state index in [1.54, 1.807) is 0 Å². The van der Waals surface area contributed by atoms with Crippen LogP contribution in [0.5, 0.6) is 0 Å². The van der Waals surface area contributed by atoms with Gasteiger partial charge in [-0.3, -0.25) is 25.0 Å². The third-order valence-electron chi connectivity index (χ3n) is 3.77. The van der Waals surface area contributed by atoms with Crippen molar-refractivity contribution in [3.05, 3.63) is 38.4 Å². The zero-order valence-corrected chi connectivity index (χ0v) is 13.0. The molecule has 0 radical (unpaired) electrons. The highest BCUT2D eigenvalue weighted by Crippen LogP contribution is 2.32. The van der Waals surface area contributed by atoms with E-state index in [0.717, 1.165) is 16.4 Å². The predicted molar refractivity (Wildman–Crippen MR) is 78.9 cm³/mol. The van der Waals surface area contributed by atoms with Gasteiger partial charge in [0.15, 0.2) is 4.90 Å². The van der Waals surface area contributed by atoms with Gasteiger partial charge in [-0.25, -0.2) is 8.42 Å². The molecule has 0 atom stereocenters. The molecular formula is C12H13N3O8S. The minimum atomic E-state index is -4.25. The Kier molecular flexibility index (Phi) is 4.80. The lowest BCUT2D eigenvalue weighted by molar-refractivity contribution is -0.396. The molecule has 11 nitrogen and oxygen atoms in total. The molecule has 1 fully saturated rings. The molecule has 1 aromatic rings. The predicted octanol–water partition coefficient (Wildman–Crippen LogP) is 0.988. The van der Waals surface area contributed by atoms with E-state index in [2.05, 4.69) is 0 Å². The number of aliphatic carboxylic acids is 1. The molecule has 1 N–H and O–H groups in total. The molecule has 1 aliphatic heterocycles. The molecule has 1 aromatic carbocycles. The number of carboxylic acids is 1. The number of benzene rings is 1. The number of nitro benzene ring substituents is 2. The second kappa shape index (κ2) is 6.49. The number of sulfonamides is 1. The Morgan fingerprint density at radius 3 is 2.21 bits per heavy atom. The largest absolute Gasteiger partial charge is 0.481 e. The van der Waals surface area contributed by atoms with Crippen molar-refractivity contribution in [1.82, 2.24) is 4.31 Å². The fraction of sp³-hybridized carbons (Fsp3) is 0.417. The van der Waals surface area contributed by atoms with Crippen molar-refractivity contribution in [3.63, 3.8) is 0 Å². The van der Waals surface area contributed by atoms with E-state index >= 15 is 0 Å². The second-order valence-corrected chi connectivity index (χ2v) is 7.09. The molecule has 0 aromatic heterocycles. The van der Waals surface area contributed by atoms with Crippen molar-refractivity contribution in [2.45, 2.75) is 17.7 Å². The van der Waals surface area contributed by atoms with Crippen LogP contribution in [0.25, 0.3) is 0 Å². The summed E-state index contributed by atoms with van der Waals surface area (Å²) >= 11 is 0. The third-order valence-corrected chi connectivity index (χ3v) is 5.72. The van der Waals surface area contributed by atoms with Crippen molar-refractivity contribution in [1.29, 1.82) is 0 Å². The van der Waals surface area contributed by atoms with E-state index in [-0.39, 0.29) is 25.9 Å². The number of nitro groups is 2. The summed E-state index contributed by atoms with van der Waals surface area (Å²) in [6.07, 6.45) is 0.185. The molecule has 1 saturated heterocycles. The number of piperidine rings is 1.